The summed E-state index contributed by atoms with van der Waals surface area (Å²) in [6.45, 7) is 5.98. The van der Waals surface area contributed by atoms with Crippen molar-refractivity contribution in [2.75, 3.05) is 32.8 Å². The minimum absolute atomic E-state index is 0.0580. The maximum Gasteiger partial charge on any atom is 0.310 e. The molecule has 0 bridgehead atoms. The summed E-state index contributed by atoms with van der Waals surface area (Å²) in [5.41, 5.74) is -0.0716. The van der Waals surface area contributed by atoms with E-state index in [1.807, 2.05) is 0 Å². The molecular formula is C17H25N3O4. The van der Waals surface area contributed by atoms with Gasteiger partial charge in [-0.05, 0) is 32.4 Å². The van der Waals surface area contributed by atoms with Crippen LogP contribution in [0.4, 0.5) is 5.69 Å². The van der Waals surface area contributed by atoms with Crippen molar-refractivity contribution in [1.29, 1.82) is 0 Å². The first-order valence-electron chi connectivity index (χ1n) is 8.57. The number of fused-ring (bicyclic) bond motifs is 1. The summed E-state index contributed by atoms with van der Waals surface area (Å²) in [5, 5.41) is 21.3. The molecule has 0 amide bonds. The molecule has 2 saturated heterocycles. The highest BCUT2D eigenvalue weighted by Gasteiger charge is 2.34. The van der Waals surface area contributed by atoms with E-state index in [1.54, 1.807) is 18.2 Å². The summed E-state index contributed by atoms with van der Waals surface area (Å²) in [6, 6.07) is 7.26. The standard InChI is InChI=1S/C17H25N3O4/c1-13-9-18-8-4-5-14(18)10-19(13)11-15(21)12-24-17-7-3-2-6-16(17)20(22)23/h2-3,6-7,13-15,21H,4-5,8-12H2,1H3/t13-,14-,15-/m1/s1. The third-order valence-corrected chi connectivity index (χ3v) is 5.00. The van der Waals surface area contributed by atoms with E-state index >= 15 is 0 Å². The van der Waals surface area contributed by atoms with Crippen LogP contribution in [0.2, 0.25) is 0 Å². The zero-order valence-corrected chi connectivity index (χ0v) is 14.0. The molecule has 132 valence electrons. The fourth-order valence-corrected chi connectivity index (χ4v) is 3.74. The van der Waals surface area contributed by atoms with E-state index in [4.69, 9.17) is 4.74 Å². The lowest BCUT2D eigenvalue weighted by Crippen LogP contribution is -2.56. The Morgan fingerprint density at radius 2 is 2.21 bits per heavy atom. The third-order valence-electron chi connectivity index (χ3n) is 5.00. The van der Waals surface area contributed by atoms with Gasteiger partial charge < -0.3 is 9.84 Å². The lowest BCUT2D eigenvalue weighted by atomic mass is 10.1. The van der Waals surface area contributed by atoms with Crippen LogP contribution >= 0.6 is 0 Å². The number of ether oxygens (including phenoxy) is 1. The van der Waals surface area contributed by atoms with Gasteiger partial charge in [0.25, 0.3) is 0 Å². The Balaban J connectivity index is 1.52. The number of β-amino-alcohol motifs (C(OH)–C–C–N with tert-alkyl or cyclic N) is 1. The second-order valence-corrected chi connectivity index (χ2v) is 6.78. The van der Waals surface area contributed by atoms with Gasteiger partial charge in [0.1, 0.15) is 12.7 Å². The van der Waals surface area contributed by atoms with E-state index in [1.165, 1.54) is 25.5 Å². The van der Waals surface area contributed by atoms with Gasteiger partial charge in [-0.3, -0.25) is 19.9 Å². The summed E-state index contributed by atoms with van der Waals surface area (Å²) in [6.07, 6.45) is 1.82. The molecule has 1 aromatic rings. The number of hydrogen-bond donors (Lipinski definition) is 1. The number of benzene rings is 1. The Hall–Kier alpha value is -1.70. The van der Waals surface area contributed by atoms with Crippen molar-refractivity contribution >= 4 is 5.69 Å². The quantitative estimate of drug-likeness (QED) is 0.627. The summed E-state index contributed by atoms with van der Waals surface area (Å²) < 4.78 is 5.49. The number of nitrogens with zero attached hydrogens (tertiary/aromatic N) is 3. The maximum absolute atomic E-state index is 11.0. The number of nitro groups is 1. The highest BCUT2D eigenvalue weighted by molar-refractivity contribution is 5.45. The normalized spacial score (nSPS) is 26.1. The molecule has 2 aliphatic heterocycles. The molecule has 0 spiro atoms. The highest BCUT2D eigenvalue weighted by atomic mass is 16.6. The van der Waals surface area contributed by atoms with Crippen molar-refractivity contribution < 1.29 is 14.8 Å². The van der Waals surface area contributed by atoms with Crippen molar-refractivity contribution in [3.8, 4) is 5.75 Å². The van der Waals surface area contributed by atoms with Crippen LogP contribution in [0.15, 0.2) is 24.3 Å². The SMILES string of the molecule is C[C@@H]1CN2CCC[C@@H]2CN1C[C@@H](O)COc1ccccc1[N+](=O)[O-]. The van der Waals surface area contributed by atoms with E-state index in [0.29, 0.717) is 18.6 Å². The van der Waals surface area contributed by atoms with Gasteiger partial charge in [-0.1, -0.05) is 12.1 Å². The topological polar surface area (TPSA) is 79.1 Å². The van der Waals surface area contributed by atoms with Crippen molar-refractivity contribution in [2.45, 2.75) is 38.0 Å². The number of piperazine rings is 1. The number of aliphatic hydroxyl groups excluding tert-OH is 1. The lowest BCUT2D eigenvalue weighted by Gasteiger charge is -2.42. The van der Waals surface area contributed by atoms with E-state index in [0.717, 1.165) is 13.1 Å². The Kier molecular flexibility index (Phi) is 5.33. The average Bonchev–Trinajstić information content (AvgIpc) is 3.00. The average molecular weight is 335 g/mol. The molecule has 0 radical (unpaired) electrons. The fourth-order valence-electron chi connectivity index (χ4n) is 3.74. The number of hydrogen-bond acceptors (Lipinski definition) is 6. The van der Waals surface area contributed by atoms with E-state index in [9.17, 15) is 15.2 Å². The molecule has 1 N–H and O–H groups in total. The molecule has 7 heteroatoms. The molecule has 3 rings (SSSR count). The molecule has 24 heavy (non-hydrogen) atoms. The first-order valence-corrected chi connectivity index (χ1v) is 8.57. The Labute approximate surface area is 142 Å². The van der Waals surface area contributed by atoms with Gasteiger partial charge in [0.2, 0.25) is 0 Å². The Morgan fingerprint density at radius 1 is 1.42 bits per heavy atom. The molecule has 0 aliphatic carbocycles. The minimum Gasteiger partial charge on any atom is -0.484 e. The summed E-state index contributed by atoms with van der Waals surface area (Å²) in [5.74, 6) is 0.204. The zero-order chi connectivity index (χ0) is 17.1. The van der Waals surface area contributed by atoms with Crippen molar-refractivity contribution in [1.82, 2.24) is 9.80 Å². The van der Waals surface area contributed by atoms with Crippen molar-refractivity contribution in [3.05, 3.63) is 34.4 Å². The number of nitro benzene ring substituents is 1. The van der Waals surface area contributed by atoms with Gasteiger partial charge in [-0.15, -0.1) is 0 Å². The molecular weight excluding hydrogens is 310 g/mol. The van der Waals surface area contributed by atoms with Gasteiger partial charge >= 0.3 is 5.69 Å². The van der Waals surface area contributed by atoms with Crippen LogP contribution in [0.3, 0.4) is 0 Å². The van der Waals surface area contributed by atoms with Gasteiger partial charge in [0, 0.05) is 37.8 Å². The predicted molar refractivity (Wildman–Crippen MR) is 90.2 cm³/mol. The van der Waals surface area contributed by atoms with Gasteiger partial charge in [0.05, 0.1) is 4.92 Å². The van der Waals surface area contributed by atoms with Crippen LogP contribution in [-0.4, -0.2) is 70.8 Å². The predicted octanol–water partition coefficient (Wildman–Crippen LogP) is 1.50. The first-order chi connectivity index (χ1) is 11.5. The van der Waals surface area contributed by atoms with E-state index in [2.05, 4.69) is 16.7 Å². The molecule has 0 aromatic heterocycles. The fraction of sp³-hybridized carbons (Fsp3) is 0.647. The molecule has 1 aromatic carbocycles. The van der Waals surface area contributed by atoms with Crippen LogP contribution < -0.4 is 4.74 Å². The van der Waals surface area contributed by atoms with Crippen LogP contribution in [0.25, 0.3) is 0 Å². The molecule has 2 aliphatic rings. The Bertz CT molecular complexity index is 583. The zero-order valence-electron chi connectivity index (χ0n) is 14.0. The largest absolute Gasteiger partial charge is 0.484 e. The lowest BCUT2D eigenvalue weighted by molar-refractivity contribution is -0.385. The minimum atomic E-state index is -0.666. The molecule has 0 saturated carbocycles. The van der Waals surface area contributed by atoms with Crippen molar-refractivity contribution in [3.63, 3.8) is 0 Å². The van der Waals surface area contributed by atoms with Crippen LogP contribution in [-0.2, 0) is 0 Å². The van der Waals surface area contributed by atoms with Gasteiger partial charge in [-0.25, -0.2) is 0 Å². The molecule has 7 nitrogen and oxygen atoms in total. The first kappa shape index (κ1) is 17.1. The van der Waals surface area contributed by atoms with Crippen LogP contribution in [0, 0.1) is 10.1 Å². The second kappa shape index (κ2) is 7.46. The number of rotatable bonds is 6. The summed E-state index contributed by atoms with van der Waals surface area (Å²) >= 11 is 0. The summed E-state index contributed by atoms with van der Waals surface area (Å²) in [4.78, 5) is 15.4. The molecule has 2 heterocycles. The molecule has 2 fully saturated rings. The maximum atomic E-state index is 11.0. The second-order valence-electron chi connectivity index (χ2n) is 6.78. The monoisotopic (exact) mass is 335 g/mol. The molecule has 0 unspecified atom stereocenters. The van der Waals surface area contributed by atoms with Crippen LogP contribution in [0.1, 0.15) is 19.8 Å². The van der Waals surface area contributed by atoms with E-state index < -0.39 is 11.0 Å². The van der Waals surface area contributed by atoms with Gasteiger partial charge in [-0.2, -0.15) is 0 Å². The number of aliphatic hydroxyl groups is 1. The smallest absolute Gasteiger partial charge is 0.310 e. The van der Waals surface area contributed by atoms with Crippen molar-refractivity contribution in [2.24, 2.45) is 0 Å². The highest BCUT2D eigenvalue weighted by Crippen LogP contribution is 2.27. The summed E-state index contributed by atoms with van der Waals surface area (Å²) in [7, 11) is 0. The Morgan fingerprint density at radius 3 is 3.00 bits per heavy atom. The molecule has 3 atom stereocenters. The third kappa shape index (κ3) is 3.85. The number of para-hydroxylation sites is 2. The van der Waals surface area contributed by atoms with E-state index in [-0.39, 0.29) is 18.0 Å². The van der Waals surface area contributed by atoms with Crippen LogP contribution in [0.5, 0.6) is 5.75 Å². The van der Waals surface area contributed by atoms with Gasteiger partial charge in [0.15, 0.2) is 5.75 Å².